The van der Waals surface area contributed by atoms with Crippen molar-refractivity contribution in [3.05, 3.63) is 30.0 Å². The van der Waals surface area contributed by atoms with Crippen LogP contribution in [0.4, 0.5) is 54.0 Å². The SMILES string of the molecule is COc1cc(N)cc(OC(F)=C(F)C(F)(F)C(F)(F)C(F)(F)C(F)(F)F)c1. The molecule has 0 heterocycles. The largest absolute Gasteiger partial charge is 0.497 e. The first kappa shape index (κ1) is 22.6. The van der Waals surface area contributed by atoms with E-state index >= 15 is 0 Å². The predicted octanol–water partition coefficient (Wildman–Crippen LogP) is 5.23. The molecule has 0 fully saturated rings. The van der Waals surface area contributed by atoms with Crippen LogP contribution in [0.25, 0.3) is 0 Å². The van der Waals surface area contributed by atoms with Crippen LogP contribution in [-0.4, -0.2) is 31.1 Å². The maximum atomic E-state index is 13.4. The van der Waals surface area contributed by atoms with Gasteiger partial charge in [-0.05, 0) is 0 Å². The molecular weight excluding hydrogens is 411 g/mol. The van der Waals surface area contributed by atoms with Crippen molar-refractivity contribution in [2.75, 3.05) is 12.8 Å². The lowest BCUT2D eigenvalue weighted by molar-refractivity contribution is -0.392. The van der Waals surface area contributed by atoms with Crippen LogP contribution in [-0.2, 0) is 0 Å². The Labute approximate surface area is 143 Å². The second kappa shape index (κ2) is 6.96. The van der Waals surface area contributed by atoms with Crippen molar-refractivity contribution in [3.8, 4) is 11.5 Å². The van der Waals surface area contributed by atoms with Gasteiger partial charge in [0.15, 0.2) is 0 Å². The number of allylic oxidation sites excluding steroid dienone is 1. The molecule has 0 bridgehead atoms. The maximum Gasteiger partial charge on any atom is 0.460 e. The lowest BCUT2D eigenvalue weighted by atomic mass is 10.0. The van der Waals surface area contributed by atoms with Crippen molar-refractivity contribution in [1.82, 2.24) is 0 Å². The van der Waals surface area contributed by atoms with E-state index < -0.39 is 41.5 Å². The first-order chi connectivity index (χ1) is 12.0. The molecule has 0 amide bonds. The summed E-state index contributed by atoms with van der Waals surface area (Å²) >= 11 is 0. The number of anilines is 1. The molecule has 0 aromatic heterocycles. The molecule has 1 aromatic carbocycles. The Morgan fingerprint density at radius 1 is 0.815 bits per heavy atom. The minimum Gasteiger partial charge on any atom is -0.497 e. The van der Waals surface area contributed by atoms with Crippen LogP contribution in [0.3, 0.4) is 0 Å². The lowest BCUT2D eigenvalue weighted by Gasteiger charge is -2.32. The molecule has 1 rings (SSSR count). The minimum absolute atomic E-state index is 0.195. The van der Waals surface area contributed by atoms with E-state index in [-0.39, 0.29) is 11.4 Å². The third kappa shape index (κ3) is 3.98. The topological polar surface area (TPSA) is 44.5 Å². The average molecular weight is 419 g/mol. The van der Waals surface area contributed by atoms with Gasteiger partial charge in [0.1, 0.15) is 11.5 Å². The number of hydrogen-bond acceptors (Lipinski definition) is 3. The fraction of sp³-hybridized carbons (Fsp3) is 0.385. The first-order valence-corrected chi connectivity index (χ1v) is 6.37. The van der Waals surface area contributed by atoms with Gasteiger partial charge in [-0.3, -0.25) is 0 Å². The van der Waals surface area contributed by atoms with Crippen molar-refractivity contribution in [2.24, 2.45) is 0 Å². The van der Waals surface area contributed by atoms with Gasteiger partial charge in [0.05, 0.1) is 7.11 Å². The molecule has 154 valence electrons. The summed E-state index contributed by atoms with van der Waals surface area (Å²) in [5.74, 6) is -26.8. The fourth-order valence-electron chi connectivity index (χ4n) is 1.56. The molecule has 0 unspecified atom stereocenters. The van der Waals surface area contributed by atoms with Crippen molar-refractivity contribution in [1.29, 1.82) is 0 Å². The van der Waals surface area contributed by atoms with Gasteiger partial charge in [-0.25, -0.2) is 0 Å². The zero-order chi connectivity index (χ0) is 21.4. The van der Waals surface area contributed by atoms with Crippen LogP contribution in [0.15, 0.2) is 30.0 Å². The van der Waals surface area contributed by atoms with E-state index in [0.29, 0.717) is 12.1 Å². The van der Waals surface area contributed by atoms with Crippen LogP contribution in [0.5, 0.6) is 11.5 Å². The monoisotopic (exact) mass is 419 g/mol. The number of halogens is 11. The smallest absolute Gasteiger partial charge is 0.460 e. The lowest BCUT2D eigenvalue weighted by Crippen LogP contribution is -2.61. The second-order valence-corrected chi connectivity index (χ2v) is 4.85. The molecule has 0 saturated heterocycles. The normalized spacial score (nSPS) is 14.7. The highest BCUT2D eigenvalue weighted by Crippen LogP contribution is 2.55. The third-order valence-corrected chi connectivity index (χ3v) is 2.94. The molecule has 0 aliphatic rings. The van der Waals surface area contributed by atoms with E-state index in [1.54, 1.807) is 0 Å². The third-order valence-electron chi connectivity index (χ3n) is 2.94. The van der Waals surface area contributed by atoms with Gasteiger partial charge < -0.3 is 15.2 Å². The van der Waals surface area contributed by atoms with Crippen LogP contribution < -0.4 is 15.2 Å². The second-order valence-electron chi connectivity index (χ2n) is 4.85. The number of benzene rings is 1. The number of alkyl halides is 9. The molecule has 0 aliphatic carbocycles. The summed E-state index contributed by atoms with van der Waals surface area (Å²) in [4.78, 5) is 0. The Bertz CT molecular complexity index is 727. The van der Waals surface area contributed by atoms with Crippen molar-refractivity contribution in [3.63, 3.8) is 0 Å². The average Bonchev–Trinajstić information content (AvgIpc) is 2.51. The van der Waals surface area contributed by atoms with Gasteiger partial charge in [-0.15, -0.1) is 0 Å². The van der Waals surface area contributed by atoms with E-state index in [4.69, 9.17) is 5.73 Å². The van der Waals surface area contributed by atoms with Crippen LogP contribution >= 0.6 is 0 Å². The number of methoxy groups -OCH3 is 1. The van der Waals surface area contributed by atoms with Crippen LogP contribution in [0.1, 0.15) is 0 Å². The molecule has 1 aromatic rings. The molecule has 3 nitrogen and oxygen atoms in total. The summed E-state index contributed by atoms with van der Waals surface area (Å²) < 4.78 is 149. The summed E-state index contributed by atoms with van der Waals surface area (Å²) in [6, 6.07) is -0.748. The zero-order valence-corrected chi connectivity index (χ0v) is 12.8. The Balaban J connectivity index is 3.34. The van der Waals surface area contributed by atoms with Crippen molar-refractivity contribution in [2.45, 2.75) is 23.9 Å². The molecule has 14 heteroatoms. The molecule has 27 heavy (non-hydrogen) atoms. The highest BCUT2D eigenvalue weighted by molar-refractivity contribution is 5.50. The fourth-order valence-corrected chi connectivity index (χ4v) is 1.56. The standard InChI is InChI=1S/C13H8F11NO2/c1-26-6-2-5(25)3-7(4-6)27-9(15)8(14)10(16,17)11(18,19)12(20,21)13(22,23)24/h2-4H,25H2,1H3. The Hall–Kier alpha value is -2.41. The van der Waals surface area contributed by atoms with E-state index in [0.717, 1.165) is 13.2 Å². The quantitative estimate of drug-likeness (QED) is 0.390. The number of nitrogen functional groups attached to an aromatic ring is 1. The van der Waals surface area contributed by atoms with Crippen LogP contribution in [0, 0.1) is 0 Å². The highest BCUT2D eigenvalue weighted by Gasteiger charge is 2.83. The summed E-state index contributed by atoms with van der Waals surface area (Å²) in [6.45, 7) is 0. The highest BCUT2D eigenvalue weighted by atomic mass is 19.4. The van der Waals surface area contributed by atoms with Crippen molar-refractivity contribution >= 4 is 5.69 Å². The number of ether oxygens (including phenoxy) is 2. The zero-order valence-electron chi connectivity index (χ0n) is 12.8. The molecule has 0 spiro atoms. The summed E-state index contributed by atoms with van der Waals surface area (Å²) in [5.41, 5.74) is 5.00. The summed E-state index contributed by atoms with van der Waals surface area (Å²) in [5, 5.41) is 0. The van der Waals surface area contributed by atoms with Crippen LogP contribution in [0.2, 0.25) is 0 Å². The Kier molecular flexibility index (Phi) is 5.83. The minimum atomic E-state index is -7.39. The van der Waals surface area contributed by atoms with Crippen molar-refractivity contribution < 1.29 is 57.8 Å². The Morgan fingerprint density at radius 3 is 1.74 bits per heavy atom. The van der Waals surface area contributed by atoms with E-state index in [1.807, 2.05) is 0 Å². The predicted molar refractivity (Wildman–Crippen MR) is 68.2 cm³/mol. The molecule has 0 saturated carbocycles. The van der Waals surface area contributed by atoms with Gasteiger partial charge >= 0.3 is 30.0 Å². The number of nitrogens with two attached hydrogens (primary N) is 1. The summed E-state index contributed by atoms with van der Waals surface area (Å²) in [7, 11) is 1.05. The maximum absolute atomic E-state index is 13.4. The van der Waals surface area contributed by atoms with Gasteiger partial charge in [0, 0.05) is 23.9 Å². The van der Waals surface area contributed by atoms with Gasteiger partial charge in [0.2, 0.25) is 5.83 Å². The van der Waals surface area contributed by atoms with Gasteiger partial charge in [-0.1, -0.05) is 0 Å². The first-order valence-electron chi connectivity index (χ1n) is 6.37. The van der Waals surface area contributed by atoms with E-state index in [1.165, 1.54) is 0 Å². The Morgan fingerprint density at radius 2 is 1.30 bits per heavy atom. The molecular formula is C13H8F11NO2. The van der Waals surface area contributed by atoms with E-state index in [2.05, 4.69) is 9.47 Å². The summed E-state index contributed by atoms with van der Waals surface area (Å²) in [6.07, 6.45) is -7.18. The van der Waals surface area contributed by atoms with Gasteiger partial charge in [0.25, 0.3) is 0 Å². The molecule has 0 radical (unpaired) electrons. The number of hydrogen-bond donors (Lipinski definition) is 1. The molecule has 0 atom stereocenters. The molecule has 0 aliphatic heterocycles. The van der Waals surface area contributed by atoms with E-state index in [9.17, 15) is 48.3 Å². The van der Waals surface area contributed by atoms with Gasteiger partial charge in [-0.2, -0.15) is 48.3 Å². The molecule has 2 N–H and O–H groups in total. The number of rotatable bonds is 6.